The maximum atomic E-state index is 2.33. The van der Waals surface area contributed by atoms with Gasteiger partial charge in [0.1, 0.15) is 13.1 Å². The van der Waals surface area contributed by atoms with Gasteiger partial charge < -0.3 is 14.7 Å². The normalized spacial score (nSPS) is 23.8. The molecular formula is C17H29N3+2. The van der Waals surface area contributed by atoms with Crippen LogP contribution in [0.15, 0.2) is 30.3 Å². The molecule has 2 unspecified atom stereocenters. The van der Waals surface area contributed by atoms with Gasteiger partial charge in [0.05, 0.1) is 26.7 Å². The molecule has 3 heteroatoms. The maximum absolute atomic E-state index is 2.33. The summed E-state index contributed by atoms with van der Waals surface area (Å²) in [6.07, 6.45) is 5.95. The number of hydrogen-bond donors (Lipinski definition) is 2. The molecule has 1 aromatic rings. The molecule has 1 aliphatic heterocycles. The van der Waals surface area contributed by atoms with E-state index in [1.165, 1.54) is 43.9 Å². The lowest BCUT2D eigenvalue weighted by Gasteiger charge is -2.14. The van der Waals surface area contributed by atoms with Crippen molar-refractivity contribution in [1.82, 2.24) is 0 Å². The Balaban J connectivity index is 1.83. The van der Waals surface area contributed by atoms with Gasteiger partial charge in [-0.2, -0.15) is 0 Å². The molecule has 0 aromatic heterocycles. The minimum absolute atomic E-state index is 1.16. The second kappa shape index (κ2) is 7.46. The van der Waals surface area contributed by atoms with Gasteiger partial charge in [-0.1, -0.05) is 18.2 Å². The van der Waals surface area contributed by atoms with E-state index in [2.05, 4.69) is 62.5 Å². The minimum atomic E-state index is 1.16. The fourth-order valence-corrected chi connectivity index (χ4v) is 2.73. The summed E-state index contributed by atoms with van der Waals surface area (Å²) in [7, 11) is 6.46. The summed E-state index contributed by atoms with van der Waals surface area (Å²) in [5.41, 5.74) is 2.55. The summed E-state index contributed by atoms with van der Waals surface area (Å²) in [5, 5.41) is 0. The van der Waals surface area contributed by atoms with Gasteiger partial charge in [-0.15, -0.1) is 0 Å². The number of quaternary nitrogens is 2. The van der Waals surface area contributed by atoms with Crippen LogP contribution in [0.25, 0.3) is 6.08 Å². The van der Waals surface area contributed by atoms with E-state index >= 15 is 0 Å². The number of anilines is 1. The van der Waals surface area contributed by atoms with Crippen LogP contribution in [0.5, 0.6) is 0 Å². The van der Waals surface area contributed by atoms with Crippen LogP contribution in [0.2, 0.25) is 0 Å². The van der Waals surface area contributed by atoms with Crippen molar-refractivity contribution in [1.29, 1.82) is 0 Å². The Morgan fingerprint density at radius 1 is 1.05 bits per heavy atom. The first kappa shape index (κ1) is 15.1. The Morgan fingerprint density at radius 2 is 1.80 bits per heavy atom. The highest BCUT2D eigenvalue weighted by Crippen LogP contribution is 2.12. The highest BCUT2D eigenvalue weighted by Gasteiger charge is 2.15. The second-order valence-electron chi connectivity index (χ2n) is 6.15. The first-order chi connectivity index (χ1) is 9.65. The third-order valence-corrected chi connectivity index (χ3v) is 4.17. The van der Waals surface area contributed by atoms with Gasteiger partial charge in [0.2, 0.25) is 0 Å². The molecule has 1 aromatic carbocycles. The predicted molar refractivity (Wildman–Crippen MR) is 86.6 cm³/mol. The number of nitrogens with zero attached hydrogens (tertiary/aromatic N) is 1. The van der Waals surface area contributed by atoms with E-state index < -0.39 is 0 Å². The standard InChI is InChI=1S/C17H27N3/c1-18(2)17-9-7-16(8-10-17)6-4-12-20-13-5-11-19(3)14-15-20/h4,6-10H,5,11-15H2,1-3H3/p+2. The van der Waals surface area contributed by atoms with E-state index in [4.69, 9.17) is 0 Å². The molecule has 2 N–H and O–H groups in total. The third-order valence-electron chi connectivity index (χ3n) is 4.17. The first-order valence-electron chi connectivity index (χ1n) is 7.74. The number of rotatable bonds is 4. The third kappa shape index (κ3) is 4.66. The van der Waals surface area contributed by atoms with Crippen molar-refractivity contribution in [3.63, 3.8) is 0 Å². The molecule has 1 saturated heterocycles. The SMILES string of the molecule is CN(C)c1ccc(C=CC[NH+]2CCC[NH+](C)CC2)cc1. The summed E-state index contributed by atoms with van der Waals surface area (Å²) >= 11 is 0. The fraction of sp³-hybridized carbons (Fsp3) is 0.529. The minimum Gasteiger partial charge on any atom is -0.378 e. The molecule has 1 fully saturated rings. The van der Waals surface area contributed by atoms with Gasteiger partial charge in [-0.05, 0) is 23.8 Å². The fourth-order valence-electron chi connectivity index (χ4n) is 2.73. The van der Waals surface area contributed by atoms with E-state index in [0.717, 1.165) is 6.54 Å². The molecule has 0 aliphatic carbocycles. The molecule has 0 radical (unpaired) electrons. The molecule has 0 bridgehead atoms. The van der Waals surface area contributed by atoms with Gasteiger partial charge in [0, 0.05) is 26.2 Å². The van der Waals surface area contributed by atoms with E-state index in [-0.39, 0.29) is 0 Å². The topological polar surface area (TPSA) is 12.1 Å². The number of nitrogens with one attached hydrogen (secondary N) is 2. The smallest absolute Gasteiger partial charge is 0.127 e. The van der Waals surface area contributed by atoms with Crippen LogP contribution in [0, 0.1) is 0 Å². The molecule has 2 atom stereocenters. The Bertz CT molecular complexity index is 422. The van der Waals surface area contributed by atoms with Crippen LogP contribution in [0.1, 0.15) is 12.0 Å². The monoisotopic (exact) mass is 275 g/mol. The van der Waals surface area contributed by atoms with Crippen LogP contribution < -0.4 is 14.7 Å². The molecule has 0 spiro atoms. The van der Waals surface area contributed by atoms with E-state index in [1.54, 1.807) is 9.80 Å². The lowest BCUT2D eigenvalue weighted by molar-refractivity contribution is -0.926. The van der Waals surface area contributed by atoms with E-state index in [0.29, 0.717) is 0 Å². The largest absolute Gasteiger partial charge is 0.378 e. The van der Waals surface area contributed by atoms with Gasteiger partial charge >= 0.3 is 0 Å². The summed E-state index contributed by atoms with van der Waals surface area (Å²) in [5.74, 6) is 0. The van der Waals surface area contributed by atoms with Crippen molar-refractivity contribution >= 4 is 11.8 Å². The van der Waals surface area contributed by atoms with E-state index in [9.17, 15) is 0 Å². The van der Waals surface area contributed by atoms with Crippen molar-refractivity contribution in [3.05, 3.63) is 35.9 Å². The van der Waals surface area contributed by atoms with Crippen LogP contribution in [-0.2, 0) is 0 Å². The Kier molecular flexibility index (Phi) is 5.62. The maximum Gasteiger partial charge on any atom is 0.127 e. The Morgan fingerprint density at radius 3 is 2.50 bits per heavy atom. The summed E-state index contributed by atoms with van der Waals surface area (Å²) in [4.78, 5) is 5.54. The molecular weight excluding hydrogens is 246 g/mol. The molecule has 1 aliphatic rings. The lowest BCUT2D eigenvalue weighted by atomic mass is 10.2. The quantitative estimate of drug-likeness (QED) is 0.760. The van der Waals surface area contributed by atoms with Crippen molar-refractivity contribution < 1.29 is 9.80 Å². The van der Waals surface area contributed by atoms with Crippen molar-refractivity contribution in [2.24, 2.45) is 0 Å². The molecule has 3 nitrogen and oxygen atoms in total. The molecule has 20 heavy (non-hydrogen) atoms. The average molecular weight is 275 g/mol. The van der Waals surface area contributed by atoms with Crippen molar-refractivity contribution in [2.75, 3.05) is 58.8 Å². The molecule has 0 saturated carbocycles. The molecule has 1 heterocycles. The second-order valence-corrected chi connectivity index (χ2v) is 6.15. The highest BCUT2D eigenvalue weighted by molar-refractivity contribution is 5.55. The number of hydrogen-bond acceptors (Lipinski definition) is 1. The highest BCUT2D eigenvalue weighted by atomic mass is 15.2. The summed E-state index contributed by atoms with van der Waals surface area (Å²) < 4.78 is 0. The first-order valence-corrected chi connectivity index (χ1v) is 7.74. The van der Waals surface area contributed by atoms with Crippen LogP contribution in [-0.4, -0.2) is 53.9 Å². The molecule has 110 valence electrons. The molecule has 2 rings (SSSR count). The number of likely N-dealkylation sites (N-methyl/N-ethyl adjacent to an activating group) is 1. The van der Waals surface area contributed by atoms with Crippen molar-refractivity contribution in [3.8, 4) is 0 Å². The van der Waals surface area contributed by atoms with Gasteiger partial charge in [-0.3, -0.25) is 0 Å². The zero-order valence-corrected chi connectivity index (χ0v) is 13.2. The Labute approximate surface area is 123 Å². The summed E-state index contributed by atoms with van der Waals surface area (Å²) in [6, 6.07) is 8.75. The van der Waals surface area contributed by atoms with Gasteiger partial charge in [-0.25, -0.2) is 0 Å². The molecule has 0 amide bonds. The zero-order valence-electron chi connectivity index (χ0n) is 13.2. The zero-order chi connectivity index (χ0) is 14.4. The van der Waals surface area contributed by atoms with Crippen LogP contribution in [0.3, 0.4) is 0 Å². The number of benzene rings is 1. The summed E-state index contributed by atoms with van der Waals surface area (Å²) in [6.45, 7) is 6.42. The van der Waals surface area contributed by atoms with Gasteiger partial charge in [0.25, 0.3) is 0 Å². The van der Waals surface area contributed by atoms with Crippen molar-refractivity contribution in [2.45, 2.75) is 6.42 Å². The predicted octanol–water partition coefficient (Wildman–Crippen LogP) is -0.431. The average Bonchev–Trinajstić information content (AvgIpc) is 2.64. The van der Waals surface area contributed by atoms with Gasteiger partial charge in [0.15, 0.2) is 0 Å². The Hall–Kier alpha value is -1.32. The van der Waals surface area contributed by atoms with E-state index in [1.807, 2.05) is 0 Å². The van der Waals surface area contributed by atoms with Crippen LogP contribution >= 0.6 is 0 Å². The van der Waals surface area contributed by atoms with Crippen LogP contribution in [0.4, 0.5) is 5.69 Å². The lowest BCUT2D eigenvalue weighted by Crippen LogP contribution is -3.16.